The Kier molecular flexibility index (Phi) is 6.26. The van der Waals surface area contributed by atoms with E-state index in [2.05, 4.69) is 47.6 Å². The number of carbonyl (C=O) groups is 1. The van der Waals surface area contributed by atoms with Crippen LogP contribution in [0.15, 0.2) is 48.5 Å². The molecule has 1 aliphatic heterocycles. The molecule has 0 atom stereocenters. The molecule has 1 aliphatic rings. The first kappa shape index (κ1) is 20.3. The Labute approximate surface area is 177 Å². The van der Waals surface area contributed by atoms with Crippen LogP contribution in [0.4, 0.5) is 11.5 Å². The van der Waals surface area contributed by atoms with Crippen LogP contribution in [-0.4, -0.2) is 55.2 Å². The summed E-state index contributed by atoms with van der Waals surface area (Å²) < 4.78 is 5.38. The summed E-state index contributed by atoms with van der Waals surface area (Å²) in [4.78, 5) is 20.0. The zero-order valence-electron chi connectivity index (χ0n) is 17.6. The number of nitrogens with one attached hydrogen (secondary N) is 2. The van der Waals surface area contributed by atoms with Gasteiger partial charge in [0.25, 0.3) is 5.91 Å². The fraction of sp³-hybridized carbons (Fsp3) is 0.333. The van der Waals surface area contributed by atoms with Crippen molar-refractivity contribution < 1.29 is 9.53 Å². The lowest BCUT2D eigenvalue weighted by Gasteiger charge is -2.26. The maximum atomic E-state index is 13.0. The van der Waals surface area contributed by atoms with Crippen LogP contribution in [0.5, 0.6) is 0 Å². The molecule has 0 saturated carbocycles. The number of benzene rings is 2. The van der Waals surface area contributed by atoms with Crippen LogP contribution in [0.3, 0.4) is 0 Å². The number of rotatable bonds is 6. The topological polar surface area (TPSA) is 66.5 Å². The molecule has 2 N–H and O–H groups in total. The Bertz CT molecular complexity index is 1040. The Balaban J connectivity index is 1.55. The molecule has 6 heteroatoms. The number of amides is 1. The minimum Gasteiger partial charge on any atom is -0.379 e. The number of para-hydroxylation sites is 1. The minimum absolute atomic E-state index is 0.0779. The summed E-state index contributed by atoms with van der Waals surface area (Å²) in [6.45, 7) is 8.90. The fourth-order valence-corrected chi connectivity index (χ4v) is 3.68. The molecule has 156 valence electrons. The van der Waals surface area contributed by atoms with Crippen molar-refractivity contribution in [2.75, 3.05) is 44.7 Å². The number of hydrogen-bond donors (Lipinski definition) is 2. The third kappa shape index (κ3) is 4.78. The number of ether oxygens (including phenoxy) is 1. The van der Waals surface area contributed by atoms with E-state index in [1.165, 1.54) is 5.56 Å². The Morgan fingerprint density at radius 2 is 1.90 bits per heavy atom. The van der Waals surface area contributed by atoms with Gasteiger partial charge in [0.1, 0.15) is 5.82 Å². The smallest absolute Gasteiger partial charge is 0.252 e. The Morgan fingerprint density at radius 1 is 1.10 bits per heavy atom. The monoisotopic (exact) mass is 404 g/mol. The van der Waals surface area contributed by atoms with Gasteiger partial charge in [0.2, 0.25) is 0 Å². The average Bonchev–Trinajstić information content (AvgIpc) is 2.76. The molecule has 4 rings (SSSR count). The summed E-state index contributed by atoms with van der Waals surface area (Å²) in [7, 11) is 0. The van der Waals surface area contributed by atoms with Crippen LogP contribution < -0.4 is 10.6 Å². The summed E-state index contributed by atoms with van der Waals surface area (Å²) >= 11 is 0. The molecule has 0 spiro atoms. The van der Waals surface area contributed by atoms with Crippen LogP contribution in [0.25, 0.3) is 10.9 Å². The second kappa shape index (κ2) is 9.24. The second-order valence-corrected chi connectivity index (χ2v) is 7.73. The molecule has 6 nitrogen and oxygen atoms in total. The van der Waals surface area contributed by atoms with Crippen LogP contribution in [0.2, 0.25) is 0 Å². The lowest BCUT2D eigenvalue weighted by atomic mass is 10.1. The van der Waals surface area contributed by atoms with Gasteiger partial charge >= 0.3 is 0 Å². The van der Waals surface area contributed by atoms with Crippen molar-refractivity contribution >= 4 is 28.3 Å². The highest BCUT2D eigenvalue weighted by atomic mass is 16.5. The van der Waals surface area contributed by atoms with Crippen LogP contribution in [0.1, 0.15) is 21.5 Å². The third-order valence-electron chi connectivity index (χ3n) is 5.43. The lowest BCUT2D eigenvalue weighted by molar-refractivity contribution is 0.0383. The summed E-state index contributed by atoms with van der Waals surface area (Å²) in [5.74, 6) is 0.589. The first-order chi connectivity index (χ1) is 14.6. The van der Waals surface area contributed by atoms with E-state index < -0.39 is 0 Å². The summed E-state index contributed by atoms with van der Waals surface area (Å²) in [6, 6.07) is 15.9. The molecule has 1 saturated heterocycles. The van der Waals surface area contributed by atoms with Gasteiger partial charge in [-0.3, -0.25) is 9.69 Å². The largest absolute Gasteiger partial charge is 0.379 e. The zero-order valence-corrected chi connectivity index (χ0v) is 17.6. The summed E-state index contributed by atoms with van der Waals surface area (Å²) in [6.07, 6.45) is 0. The van der Waals surface area contributed by atoms with Gasteiger partial charge < -0.3 is 15.4 Å². The predicted octanol–water partition coefficient (Wildman–Crippen LogP) is 3.66. The number of hydrogen-bond acceptors (Lipinski definition) is 5. The van der Waals surface area contributed by atoms with Crippen molar-refractivity contribution in [2.45, 2.75) is 13.8 Å². The molecule has 2 aromatic carbocycles. The molecule has 0 bridgehead atoms. The van der Waals surface area contributed by atoms with E-state index >= 15 is 0 Å². The summed E-state index contributed by atoms with van der Waals surface area (Å²) in [5.41, 5.74) is 4.73. The molecular weight excluding hydrogens is 376 g/mol. The molecule has 0 radical (unpaired) electrons. The Morgan fingerprint density at radius 3 is 2.73 bits per heavy atom. The number of aryl methyl sites for hydroxylation is 2. The predicted molar refractivity (Wildman–Crippen MR) is 121 cm³/mol. The minimum atomic E-state index is -0.0779. The van der Waals surface area contributed by atoms with Gasteiger partial charge in [-0.2, -0.15) is 0 Å². The number of nitrogens with zero attached hydrogens (tertiary/aromatic N) is 2. The molecule has 0 unspecified atom stereocenters. The molecule has 3 aromatic rings. The van der Waals surface area contributed by atoms with Crippen molar-refractivity contribution in [1.29, 1.82) is 0 Å². The highest BCUT2D eigenvalue weighted by Crippen LogP contribution is 2.25. The van der Waals surface area contributed by atoms with E-state index in [0.717, 1.165) is 55.0 Å². The van der Waals surface area contributed by atoms with Crippen molar-refractivity contribution in [3.05, 3.63) is 65.2 Å². The van der Waals surface area contributed by atoms with Crippen LogP contribution in [-0.2, 0) is 4.74 Å². The van der Waals surface area contributed by atoms with Crippen molar-refractivity contribution in [3.63, 3.8) is 0 Å². The zero-order chi connectivity index (χ0) is 20.9. The average molecular weight is 405 g/mol. The van der Waals surface area contributed by atoms with Crippen molar-refractivity contribution in [2.24, 2.45) is 0 Å². The maximum absolute atomic E-state index is 13.0. The molecule has 0 aliphatic carbocycles. The van der Waals surface area contributed by atoms with Gasteiger partial charge in [0.05, 0.1) is 24.3 Å². The van der Waals surface area contributed by atoms with Gasteiger partial charge in [-0.15, -0.1) is 0 Å². The molecule has 1 aromatic heterocycles. The third-order valence-corrected chi connectivity index (χ3v) is 5.43. The van der Waals surface area contributed by atoms with E-state index in [1.54, 1.807) is 0 Å². The van der Waals surface area contributed by atoms with Crippen LogP contribution >= 0.6 is 0 Å². The van der Waals surface area contributed by atoms with E-state index in [4.69, 9.17) is 9.72 Å². The number of fused-ring (bicyclic) bond motifs is 1. The molecule has 30 heavy (non-hydrogen) atoms. The summed E-state index contributed by atoms with van der Waals surface area (Å²) in [5, 5.41) is 7.32. The molecule has 2 heterocycles. The van der Waals surface area contributed by atoms with Gasteiger partial charge in [-0.25, -0.2) is 4.98 Å². The van der Waals surface area contributed by atoms with E-state index in [9.17, 15) is 4.79 Å². The van der Waals surface area contributed by atoms with Gasteiger partial charge in [-0.1, -0.05) is 30.3 Å². The Hall–Kier alpha value is -2.96. The SMILES string of the molecule is Cc1ccc(C)c(Nc2cc(C(=O)NCCN3CCOCC3)c3ccccc3n2)c1. The van der Waals surface area contributed by atoms with Gasteiger partial charge in [0.15, 0.2) is 0 Å². The quantitative estimate of drug-likeness (QED) is 0.656. The van der Waals surface area contributed by atoms with Gasteiger partial charge in [0, 0.05) is 37.3 Å². The van der Waals surface area contributed by atoms with Gasteiger partial charge in [-0.05, 0) is 43.2 Å². The fourth-order valence-electron chi connectivity index (χ4n) is 3.68. The normalized spacial score (nSPS) is 14.6. The number of pyridine rings is 1. The van der Waals surface area contributed by atoms with E-state index in [0.29, 0.717) is 17.9 Å². The number of anilines is 2. The molecule has 1 amide bonds. The van der Waals surface area contributed by atoms with Crippen molar-refractivity contribution in [3.8, 4) is 0 Å². The lowest BCUT2D eigenvalue weighted by Crippen LogP contribution is -2.41. The van der Waals surface area contributed by atoms with E-state index in [-0.39, 0.29) is 5.91 Å². The van der Waals surface area contributed by atoms with Crippen molar-refractivity contribution in [1.82, 2.24) is 15.2 Å². The first-order valence-corrected chi connectivity index (χ1v) is 10.4. The number of aromatic nitrogens is 1. The second-order valence-electron chi connectivity index (χ2n) is 7.73. The van der Waals surface area contributed by atoms with Crippen LogP contribution in [0, 0.1) is 13.8 Å². The number of carbonyl (C=O) groups excluding carboxylic acids is 1. The number of morpholine rings is 1. The van der Waals surface area contributed by atoms with E-state index in [1.807, 2.05) is 30.3 Å². The standard InChI is InChI=1S/C24H28N4O2/c1-17-7-8-18(2)22(15-17)27-23-16-20(19-5-3-4-6-21(19)26-23)24(29)25-9-10-28-11-13-30-14-12-28/h3-8,15-16H,9-14H2,1-2H3,(H,25,29)(H,26,27). The highest BCUT2D eigenvalue weighted by molar-refractivity contribution is 6.07. The highest BCUT2D eigenvalue weighted by Gasteiger charge is 2.15. The first-order valence-electron chi connectivity index (χ1n) is 10.4. The molecule has 1 fully saturated rings. The maximum Gasteiger partial charge on any atom is 0.252 e. The molecular formula is C24H28N4O2.